The van der Waals surface area contributed by atoms with Crippen molar-refractivity contribution in [1.29, 1.82) is 0 Å². The quantitative estimate of drug-likeness (QED) is 0.591. The van der Waals surface area contributed by atoms with Crippen LogP contribution in [0.4, 0.5) is 0 Å². The van der Waals surface area contributed by atoms with Crippen LogP contribution in [-0.4, -0.2) is 36.1 Å². The van der Waals surface area contributed by atoms with Crippen molar-refractivity contribution in [1.82, 2.24) is 4.90 Å². The summed E-state index contributed by atoms with van der Waals surface area (Å²) in [6.45, 7) is 4.88. The Labute approximate surface area is 107 Å². The third kappa shape index (κ3) is 3.58. The van der Waals surface area contributed by atoms with Crippen LogP contribution in [0.5, 0.6) is 0 Å². The van der Waals surface area contributed by atoms with Gasteiger partial charge in [-0.3, -0.25) is 9.69 Å². The van der Waals surface area contributed by atoms with Gasteiger partial charge in [-0.2, -0.15) is 0 Å². The lowest BCUT2D eigenvalue weighted by Gasteiger charge is -2.13. The minimum Gasteiger partial charge on any atom is -0.296 e. The van der Waals surface area contributed by atoms with Gasteiger partial charge in [0, 0.05) is 10.5 Å². The lowest BCUT2D eigenvalue weighted by atomic mass is 10.1. The molecule has 1 aromatic rings. The van der Waals surface area contributed by atoms with Gasteiger partial charge in [0.05, 0.1) is 6.54 Å². The molecule has 0 spiro atoms. The zero-order valence-electron chi connectivity index (χ0n) is 10.3. The molecule has 1 saturated heterocycles. The molecule has 1 fully saturated rings. The van der Waals surface area contributed by atoms with Crippen LogP contribution in [0.15, 0.2) is 29.2 Å². The van der Waals surface area contributed by atoms with Gasteiger partial charge in [0.15, 0.2) is 5.78 Å². The number of rotatable bonds is 5. The molecule has 17 heavy (non-hydrogen) atoms. The van der Waals surface area contributed by atoms with Crippen molar-refractivity contribution in [3.8, 4) is 0 Å². The van der Waals surface area contributed by atoms with Gasteiger partial charge in [0.25, 0.3) is 0 Å². The average Bonchev–Trinajstić information content (AvgIpc) is 2.83. The van der Waals surface area contributed by atoms with Gasteiger partial charge in [-0.15, -0.1) is 11.8 Å². The summed E-state index contributed by atoms with van der Waals surface area (Å²) in [6, 6.07) is 8.00. The predicted molar refractivity (Wildman–Crippen MR) is 72.8 cm³/mol. The molecule has 0 saturated carbocycles. The van der Waals surface area contributed by atoms with Gasteiger partial charge in [-0.1, -0.05) is 19.1 Å². The standard InChI is InChI=1S/C14H19NOS/c1-2-17-13-7-5-12(6-8-13)14(16)11-15-9-3-4-10-15/h5-8H,2-4,9-11H2,1H3. The molecular weight excluding hydrogens is 230 g/mol. The molecule has 0 bridgehead atoms. The van der Waals surface area contributed by atoms with Crippen molar-refractivity contribution < 1.29 is 4.79 Å². The first-order valence-electron chi connectivity index (χ1n) is 6.28. The zero-order chi connectivity index (χ0) is 12.1. The highest BCUT2D eigenvalue weighted by atomic mass is 32.2. The van der Waals surface area contributed by atoms with E-state index in [1.807, 2.05) is 24.3 Å². The number of ketones is 1. The summed E-state index contributed by atoms with van der Waals surface area (Å²) in [5.41, 5.74) is 0.845. The molecule has 0 unspecified atom stereocenters. The van der Waals surface area contributed by atoms with Crippen molar-refractivity contribution in [3.05, 3.63) is 29.8 Å². The van der Waals surface area contributed by atoms with Crippen molar-refractivity contribution in [3.63, 3.8) is 0 Å². The van der Waals surface area contributed by atoms with Crippen LogP contribution in [0.1, 0.15) is 30.1 Å². The fourth-order valence-corrected chi connectivity index (χ4v) is 2.80. The maximum absolute atomic E-state index is 12.0. The van der Waals surface area contributed by atoms with E-state index in [2.05, 4.69) is 11.8 Å². The van der Waals surface area contributed by atoms with Crippen molar-refractivity contribution in [2.45, 2.75) is 24.7 Å². The number of Topliss-reactive ketones (excluding diaryl/α,β-unsaturated/α-hetero) is 1. The first-order chi connectivity index (χ1) is 8.29. The van der Waals surface area contributed by atoms with E-state index in [1.165, 1.54) is 17.7 Å². The SMILES string of the molecule is CCSc1ccc(C(=O)CN2CCCC2)cc1. The van der Waals surface area contributed by atoms with Gasteiger partial charge in [-0.25, -0.2) is 0 Å². The van der Waals surface area contributed by atoms with Crippen molar-refractivity contribution >= 4 is 17.5 Å². The highest BCUT2D eigenvalue weighted by Gasteiger charge is 2.15. The summed E-state index contributed by atoms with van der Waals surface area (Å²) in [6.07, 6.45) is 2.47. The van der Waals surface area contributed by atoms with E-state index in [1.54, 1.807) is 11.8 Å². The van der Waals surface area contributed by atoms with Gasteiger partial charge >= 0.3 is 0 Å². The molecule has 3 heteroatoms. The number of benzene rings is 1. The lowest BCUT2D eigenvalue weighted by Crippen LogP contribution is -2.26. The Morgan fingerprint density at radius 2 is 1.88 bits per heavy atom. The first-order valence-corrected chi connectivity index (χ1v) is 7.26. The molecule has 0 amide bonds. The Morgan fingerprint density at radius 1 is 1.24 bits per heavy atom. The predicted octanol–water partition coefficient (Wildman–Crippen LogP) is 3.08. The minimum absolute atomic E-state index is 0.250. The average molecular weight is 249 g/mol. The van der Waals surface area contributed by atoms with Crippen LogP contribution < -0.4 is 0 Å². The molecular formula is C14H19NOS. The number of carbonyl (C=O) groups is 1. The van der Waals surface area contributed by atoms with E-state index in [0.717, 1.165) is 24.4 Å². The number of hydrogen-bond donors (Lipinski definition) is 0. The normalized spacial score (nSPS) is 16.3. The molecule has 1 heterocycles. The van der Waals surface area contributed by atoms with Crippen LogP contribution in [0.2, 0.25) is 0 Å². The van der Waals surface area contributed by atoms with E-state index in [-0.39, 0.29) is 5.78 Å². The summed E-state index contributed by atoms with van der Waals surface area (Å²) >= 11 is 1.81. The molecule has 0 aliphatic carbocycles. The number of hydrogen-bond acceptors (Lipinski definition) is 3. The van der Waals surface area contributed by atoms with Gasteiger partial charge < -0.3 is 0 Å². The fraction of sp³-hybridized carbons (Fsp3) is 0.500. The van der Waals surface area contributed by atoms with Crippen molar-refractivity contribution in [2.24, 2.45) is 0 Å². The van der Waals surface area contributed by atoms with Crippen LogP contribution in [0, 0.1) is 0 Å². The first kappa shape index (κ1) is 12.7. The second-order valence-corrected chi connectivity index (χ2v) is 5.70. The third-order valence-corrected chi connectivity index (χ3v) is 3.95. The van der Waals surface area contributed by atoms with Crippen LogP contribution >= 0.6 is 11.8 Å². The van der Waals surface area contributed by atoms with Gasteiger partial charge in [-0.05, 0) is 43.8 Å². The minimum atomic E-state index is 0.250. The summed E-state index contributed by atoms with van der Waals surface area (Å²) < 4.78 is 0. The monoisotopic (exact) mass is 249 g/mol. The summed E-state index contributed by atoms with van der Waals surface area (Å²) in [4.78, 5) is 15.5. The molecule has 92 valence electrons. The number of likely N-dealkylation sites (tertiary alicyclic amines) is 1. The Hall–Kier alpha value is -0.800. The second kappa shape index (κ2) is 6.22. The molecule has 1 aliphatic rings. The van der Waals surface area contributed by atoms with Crippen LogP contribution in [0.25, 0.3) is 0 Å². The van der Waals surface area contributed by atoms with Crippen LogP contribution in [-0.2, 0) is 0 Å². The molecule has 0 atom stereocenters. The van der Waals surface area contributed by atoms with E-state index < -0.39 is 0 Å². The summed E-state index contributed by atoms with van der Waals surface area (Å²) in [5.74, 6) is 1.32. The molecule has 0 aromatic heterocycles. The topological polar surface area (TPSA) is 20.3 Å². The lowest BCUT2D eigenvalue weighted by molar-refractivity contribution is 0.0945. The zero-order valence-corrected chi connectivity index (χ0v) is 11.1. The molecule has 1 aromatic carbocycles. The van der Waals surface area contributed by atoms with E-state index in [4.69, 9.17) is 0 Å². The second-order valence-electron chi connectivity index (χ2n) is 4.36. The molecule has 1 aliphatic heterocycles. The van der Waals surface area contributed by atoms with Gasteiger partial charge in [0.1, 0.15) is 0 Å². The van der Waals surface area contributed by atoms with E-state index in [9.17, 15) is 4.79 Å². The van der Waals surface area contributed by atoms with Gasteiger partial charge in [0.2, 0.25) is 0 Å². The molecule has 2 rings (SSSR count). The summed E-state index contributed by atoms with van der Waals surface area (Å²) in [7, 11) is 0. The van der Waals surface area contributed by atoms with Crippen molar-refractivity contribution in [2.75, 3.05) is 25.4 Å². The third-order valence-electron chi connectivity index (χ3n) is 3.05. The Kier molecular flexibility index (Phi) is 4.63. The number of carbonyl (C=O) groups excluding carboxylic acids is 1. The highest BCUT2D eigenvalue weighted by Crippen LogP contribution is 2.18. The number of nitrogens with zero attached hydrogens (tertiary/aromatic N) is 1. The maximum atomic E-state index is 12.0. The highest BCUT2D eigenvalue weighted by molar-refractivity contribution is 7.99. The molecule has 0 radical (unpaired) electrons. The largest absolute Gasteiger partial charge is 0.296 e. The Bertz CT molecular complexity index is 368. The molecule has 0 N–H and O–H groups in total. The molecule has 2 nitrogen and oxygen atoms in total. The Morgan fingerprint density at radius 3 is 2.47 bits per heavy atom. The number of thioether (sulfide) groups is 1. The maximum Gasteiger partial charge on any atom is 0.176 e. The summed E-state index contributed by atoms with van der Waals surface area (Å²) in [5, 5.41) is 0. The van der Waals surface area contributed by atoms with Crippen LogP contribution in [0.3, 0.4) is 0 Å². The Balaban J connectivity index is 1.93. The smallest absolute Gasteiger partial charge is 0.176 e. The van der Waals surface area contributed by atoms with E-state index >= 15 is 0 Å². The van der Waals surface area contributed by atoms with E-state index in [0.29, 0.717) is 6.54 Å². The fourth-order valence-electron chi connectivity index (χ4n) is 2.14.